The van der Waals surface area contributed by atoms with Crippen molar-refractivity contribution in [3.63, 3.8) is 0 Å². The fraction of sp³-hybridized carbons (Fsp3) is 0.391. The number of carbonyl (C=O) groups excluding carboxylic acids is 2. The van der Waals surface area contributed by atoms with Crippen LogP contribution in [0.25, 0.3) is 5.76 Å². The normalized spacial score (nSPS) is 22.6. The van der Waals surface area contributed by atoms with Gasteiger partial charge in [0.2, 0.25) is 6.79 Å². The van der Waals surface area contributed by atoms with E-state index in [1.165, 1.54) is 11.3 Å². The number of nitrogens with zero attached hydrogens (tertiary/aromatic N) is 2. The van der Waals surface area contributed by atoms with E-state index in [1.54, 1.807) is 23.1 Å². The Hall–Kier alpha value is -2.88. The van der Waals surface area contributed by atoms with E-state index in [2.05, 4.69) is 4.90 Å². The largest absolute Gasteiger partial charge is 0.507 e. The van der Waals surface area contributed by atoms with Gasteiger partial charge in [0.15, 0.2) is 11.5 Å². The number of morpholine rings is 1. The topological polar surface area (TPSA) is 88.5 Å². The smallest absolute Gasteiger partial charge is 0.295 e. The molecule has 2 saturated heterocycles. The van der Waals surface area contributed by atoms with E-state index >= 15 is 0 Å². The van der Waals surface area contributed by atoms with Gasteiger partial charge in [-0.1, -0.05) is 6.07 Å². The van der Waals surface area contributed by atoms with Crippen LogP contribution in [0.15, 0.2) is 41.3 Å². The average molecular weight is 457 g/mol. The van der Waals surface area contributed by atoms with Crippen molar-refractivity contribution in [1.29, 1.82) is 0 Å². The maximum Gasteiger partial charge on any atom is 0.295 e. The number of carbonyl (C=O) groups is 2. The van der Waals surface area contributed by atoms with Gasteiger partial charge in [-0.15, -0.1) is 11.3 Å². The third kappa shape index (κ3) is 3.87. The third-order valence-electron chi connectivity index (χ3n) is 5.98. The Morgan fingerprint density at radius 2 is 1.91 bits per heavy atom. The summed E-state index contributed by atoms with van der Waals surface area (Å²) in [6.07, 6.45) is 0.735. The molecule has 0 saturated carbocycles. The Balaban J connectivity index is 1.44. The molecular weight excluding hydrogens is 432 g/mol. The number of benzene rings is 1. The van der Waals surface area contributed by atoms with Crippen LogP contribution in [-0.4, -0.2) is 72.8 Å². The maximum absolute atomic E-state index is 13.0. The number of likely N-dealkylation sites (tertiary alicyclic amines) is 1. The van der Waals surface area contributed by atoms with Crippen LogP contribution >= 0.6 is 11.3 Å². The molecule has 2 aromatic rings. The van der Waals surface area contributed by atoms with Crippen LogP contribution in [0.4, 0.5) is 0 Å². The highest BCUT2D eigenvalue weighted by Gasteiger charge is 2.46. The molecule has 2 fully saturated rings. The number of aliphatic hydroxyl groups excluding tert-OH is 1. The second-order valence-electron chi connectivity index (χ2n) is 7.88. The van der Waals surface area contributed by atoms with E-state index < -0.39 is 17.7 Å². The van der Waals surface area contributed by atoms with Crippen molar-refractivity contribution in [3.8, 4) is 11.5 Å². The first-order chi connectivity index (χ1) is 15.6. The first-order valence-corrected chi connectivity index (χ1v) is 11.5. The molecule has 9 heteroatoms. The molecule has 168 valence electrons. The number of ketones is 1. The van der Waals surface area contributed by atoms with Gasteiger partial charge in [0, 0.05) is 36.6 Å². The predicted octanol–water partition coefficient (Wildman–Crippen LogP) is 2.62. The van der Waals surface area contributed by atoms with Gasteiger partial charge in [-0.25, -0.2) is 0 Å². The molecule has 1 atom stereocenters. The molecule has 8 nitrogen and oxygen atoms in total. The van der Waals surface area contributed by atoms with Gasteiger partial charge >= 0.3 is 0 Å². The van der Waals surface area contributed by atoms with Gasteiger partial charge in [0.05, 0.1) is 24.8 Å². The van der Waals surface area contributed by atoms with Crippen LogP contribution in [0.3, 0.4) is 0 Å². The molecule has 0 spiro atoms. The molecule has 0 aliphatic carbocycles. The number of hydrogen-bond acceptors (Lipinski definition) is 8. The molecule has 1 amide bonds. The van der Waals surface area contributed by atoms with Crippen molar-refractivity contribution in [2.24, 2.45) is 0 Å². The highest BCUT2D eigenvalue weighted by atomic mass is 32.1. The van der Waals surface area contributed by atoms with Crippen LogP contribution < -0.4 is 9.47 Å². The molecule has 0 radical (unpaired) electrons. The highest BCUT2D eigenvalue weighted by Crippen LogP contribution is 2.42. The van der Waals surface area contributed by atoms with Crippen molar-refractivity contribution < 1.29 is 28.9 Å². The van der Waals surface area contributed by atoms with Crippen molar-refractivity contribution in [3.05, 3.63) is 51.7 Å². The Morgan fingerprint density at radius 3 is 2.69 bits per heavy atom. The second-order valence-corrected chi connectivity index (χ2v) is 8.86. The lowest BCUT2D eigenvalue weighted by Crippen LogP contribution is -2.38. The van der Waals surface area contributed by atoms with Gasteiger partial charge in [-0.3, -0.25) is 14.5 Å². The minimum Gasteiger partial charge on any atom is -0.507 e. The summed E-state index contributed by atoms with van der Waals surface area (Å²) in [4.78, 5) is 30.8. The molecule has 1 aromatic carbocycles. The van der Waals surface area contributed by atoms with Gasteiger partial charge in [-0.05, 0) is 36.1 Å². The number of hydrogen-bond donors (Lipinski definition) is 1. The lowest BCUT2D eigenvalue weighted by molar-refractivity contribution is -0.140. The van der Waals surface area contributed by atoms with Gasteiger partial charge in [0.1, 0.15) is 5.76 Å². The van der Waals surface area contributed by atoms with Crippen LogP contribution in [0.5, 0.6) is 11.5 Å². The standard InChI is InChI=1S/C23H24N2O6S/c26-21(15-4-5-16-17(13-15)31-14-30-16)19-20(18-3-1-12-32-18)25(23(28)22(19)27)7-2-6-24-8-10-29-11-9-24/h1,3-5,12-13,20,26H,2,6-11,14H2. The van der Waals surface area contributed by atoms with Crippen LogP contribution in [0.1, 0.15) is 22.9 Å². The summed E-state index contributed by atoms with van der Waals surface area (Å²) in [5, 5.41) is 13.0. The molecule has 4 heterocycles. The van der Waals surface area contributed by atoms with E-state index in [1.807, 2.05) is 17.5 Å². The second kappa shape index (κ2) is 8.93. The first kappa shape index (κ1) is 21.0. The number of Topliss-reactive ketones (excluding diaryl/α,β-unsaturated/α-hetero) is 1. The van der Waals surface area contributed by atoms with E-state index in [0.29, 0.717) is 23.6 Å². The molecule has 32 heavy (non-hydrogen) atoms. The zero-order valence-corrected chi connectivity index (χ0v) is 18.3. The Morgan fingerprint density at radius 1 is 1.09 bits per heavy atom. The first-order valence-electron chi connectivity index (χ1n) is 10.7. The van der Waals surface area contributed by atoms with E-state index in [-0.39, 0.29) is 18.1 Å². The minimum absolute atomic E-state index is 0.113. The quantitative estimate of drug-likeness (QED) is 0.406. The fourth-order valence-electron chi connectivity index (χ4n) is 4.34. The Bertz CT molecular complexity index is 1040. The molecule has 0 bridgehead atoms. The number of fused-ring (bicyclic) bond motifs is 1. The lowest BCUT2D eigenvalue weighted by Gasteiger charge is -2.28. The van der Waals surface area contributed by atoms with Crippen LogP contribution in [0.2, 0.25) is 0 Å². The van der Waals surface area contributed by atoms with Crippen molar-refractivity contribution in [2.45, 2.75) is 12.5 Å². The summed E-state index contributed by atoms with van der Waals surface area (Å²) < 4.78 is 16.1. The summed E-state index contributed by atoms with van der Waals surface area (Å²) in [7, 11) is 0. The fourth-order valence-corrected chi connectivity index (χ4v) is 5.19. The molecule has 1 unspecified atom stereocenters. The number of amides is 1. The third-order valence-corrected chi connectivity index (χ3v) is 6.90. The summed E-state index contributed by atoms with van der Waals surface area (Å²) in [6.45, 7) is 4.55. The van der Waals surface area contributed by atoms with E-state index in [4.69, 9.17) is 14.2 Å². The van der Waals surface area contributed by atoms with Crippen LogP contribution in [0, 0.1) is 0 Å². The van der Waals surface area contributed by atoms with Crippen molar-refractivity contribution in [1.82, 2.24) is 9.80 Å². The molecule has 3 aliphatic heterocycles. The van der Waals surface area contributed by atoms with Crippen LogP contribution in [-0.2, 0) is 14.3 Å². The molecular formula is C23H24N2O6S. The molecule has 5 rings (SSSR count). The van der Waals surface area contributed by atoms with Crippen molar-refractivity contribution >= 4 is 28.8 Å². The van der Waals surface area contributed by atoms with E-state index in [9.17, 15) is 14.7 Å². The summed E-state index contributed by atoms with van der Waals surface area (Å²) in [5.74, 6) is -0.352. The number of ether oxygens (including phenoxy) is 3. The summed E-state index contributed by atoms with van der Waals surface area (Å²) in [6, 6.07) is 8.16. The molecule has 1 aromatic heterocycles. The number of thiophene rings is 1. The average Bonchev–Trinajstić information content (AvgIpc) is 3.55. The lowest BCUT2D eigenvalue weighted by atomic mass is 9.99. The minimum atomic E-state index is -0.662. The SMILES string of the molecule is O=C1C(=O)N(CCCN2CCOCC2)C(c2cccs2)C1=C(O)c1ccc2c(c1)OCO2. The van der Waals surface area contributed by atoms with E-state index in [0.717, 1.165) is 44.1 Å². The zero-order chi connectivity index (χ0) is 22.1. The number of aliphatic hydroxyl groups is 1. The summed E-state index contributed by atoms with van der Waals surface area (Å²) in [5.41, 5.74) is 0.532. The molecule has 1 N–H and O–H groups in total. The zero-order valence-electron chi connectivity index (χ0n) is 17.5. The Labute approximate surface area is 189 Å². The van der Waals surface area contributed by atoms with Gasteiger partial charge in [-0.2, -0.15) is 0 Å². The maximum atomic E-state index is 13.0. The predicted molar refractivity (Wildman–Crippen MR) is 118 cm³/mol. The van der Waals surface area contributed by atoms with Crippen molar-refractivity contribution in [2.75, 3.05) is 46.2 Å². The van der Waals surface area contributed by atoms with Gasteiger partial charge in [0.25, 0.3) is 11.7 Å². The highest BCUT2D eigenvalue weighted by molar-refractivity contribution is 7.10. The van der Waals surface area contributed by atoms with Gasteiger partial charge < -0.3 is 24.2 Å². The number of rotatable bonds is 6. The monoisotopic (exact) mass is 456 g/mol. The molecule has 3 aliphatic rings. The Kier molecular flexibility index (Phi) is 5.86. The summed E-state index contributed by atoms with van der Waals surface area (Å²) >= 11 is 1.46.